The highest BCUT2D eigenvalue weighted by atomic mass is 32.2. The van der Waals surface area contributed by atoms with Gasteiger partial charge in [0.15, 0.2) is 0 Å². The Hall–Kier alpha value is -1.24. The van der Waals surface area contributed by atoms with Crippen LogP contribution >= 0.6 is 11.8 Å². The number of nitrogens with zero attached hydrogens (tertiary/aromatic N) is 1. The van der Waals surface area contributed by atoms with Crippen LogP contribution < -0.4 is 5.32 Å². The van der Waals surface area contributed by atoms with E-state index in [1.807, 2.05) is 6.92 Å². The lowest BCUT2D eigenvalue weighted by Crippen LogP contribution is -2.51. The minimum absolute atomic E-state index is 0.0250. The molecule has 2 saturated heterocycles. The molecule has 0 radical (unpaired) electrons. The van der Waals surface area contributed by atoms with E-state index in [0.717, 1.165) is 6.42 Å². The van der Waals surface area contributed by atoms with Crippen molar-refractivity contribution in [2.45, 2.75) is 43.5 Å². The van der Waals surface area contributed by atoms with Crippen LogP contribution in [-0.2, 0) is 14.4 Å². The zero-order valence-electron chi connectivity index (χ0n) is 11.3. The normalized spacial score (nSPS) is 34.0. The largest absolute Gasteiger partial charge is 0.481 e. The number of fused-ring (bicyclic) bond motifs is 1. The maximum atomic E-state index is 12.3. The topological polar surface area (TPSA) is 86.7 Å². The summed E-state index contributed by atoms with van der Waals surface area (Å²) in [4.78, 5) is 36.7. The summed E-state index contributed by atoms with van der Waals surface area (Å²) in [6.07, 6.45) is 2.50. The minimum Gasteiger partial charge on any atom is -0.481 e. The van der Waals surface area contributed by atoms with Crippen LogP contribution in [0.15, 0.2) is 0 Å². The Morgan fingerprint density at radius 3 is 2.75 bits per heavy atom. The summed E-state index contributed by atoms with van der Waals surface area (Å²) in [5.74, 6) is -0.449. The van der Waals surface area contributed by atoms with E-state index in [-0.39, 0.29) is 23.2 Å². The van der Waals surface area contributed by atoms with Gasteiger partial charge in [0.05, 0.1) is 10.3 Å². The fraction of sp³-hybridized carbons (Fsp3) is 0.769. The lowest BCUT2D eigenvalue weighted by Gasteiger charge is -2.30. The molecule has 2 atom stereocenters. The van der Waals surface area contributed by atoms with E-state index in [2.05, 4.69) is 5.32 Å². The second-order valence-electron chi connectivity index (χ2n) is 6.07. The molecule has 110 valence electrons. The van der Waals surface area contributed by atoms with Crippen molar-refractivity contribution in [3.8, 4) is 0 Å². The third-order valence-corrected chi connectivity index (χ3v) is 6.16. The van der Waals surface area contributed by atoms with E-state index >= 15 is 0 Å². The summed E-state index contributed by atoms with van der Waals surface area (Å²) in [5, 5.41) is 11.8. The Bertz CT molecular complexity index is 491. The minimum atomic E-state index is -0.847. The molecule has 2 aliphatic heterocycles. The average molecular weight is 298 g/mol. The van der Waals surface area contributed by atoms with Crippen LogP contribution in [0, 0.1) is 5.41 Å². The van der Waals surface area contributed by atoms with Crippen LogP contribution in [0.25, 0.3) is 0 Å². The maximum absolute atomic E-state index is 12.3. The van der Waals surface area contributed by atoms with Gasteiger partial charge in [-0.1, -0.05) is 0 Å². The number of aliphatic carboxylic acids is 1. The Balaban J connectivity index is 1.64. The van der Waals surface area contributed by atoms with Crippen molar-refractivity contribution < 1.29 is 19.5 Å². The van der Waals surface area contributed by atoms with Crippen LogP contribution in [0.4, 0.5) is 0 Å². The molecule has 1 aliphatic carbocycles. The third kappa shape index (κ3) is 1.99. The van der Waals surface area contributed by atoms with Crippen LogP contribution in [0.5, 0.6) is 0 Å². The van der Waals surface area contributed by atoms with Gasteiger partial charge >= 0.3 is 5.97 Å². The standard InChI is InChI=1S/C13H18N2O4S/c1-12-3-2-9(16)15(12)8(6-20-12)10(17)14-7-13(4-5-13)11(18)19/h8H,2-7H2,1H3,(H,14,17)(H,18,19). The number of rotatable bonds is 4. The molecule has 2 unspecified atom stereocenters. The Labute approximate surface area is 121 Å². The lowest BCUT2D eigenvalue weighted by molar-refractivity contribution is -0.144. The molecule has 6 nitrogen and oxygen atoms in total. The second-order valence-corrected chi connectivity index (χ2v) is 7.57. The molecule has 20 heavy (non-hydrogen) atoms. The molecule has 0 aromatic heterocycles. The number of hydrogen-bond acceptors (Lipinski definition) is 4. The van der Waals surface area contributed by atoms with Gasteiger partial charge in [-0.3, -0.25) is 14.4 Å². The van der Waals surface area contributed by atoms with Crippen LogP contribution in [0.1, 0.15) is 32.6 Å². The van der Waals surface area contributed by atoms with Gasteiger partial charge in [0, 0.05) is 18.7 Å². The molecule has 2 N–H and O–H groups in total. The quantitative estimate of drug-likeness (QED) is 0.785. The summed E-state index contributed by atoms with van der Waals surface area (Å²) in [5.41, 5.74) is -0.764. The number of thioether (sulfide) groups is 1. The van der Waals surface area contributed by atoms with Gasteiger partial charge in [-0.2, -0.15) is 0 Å². The molecule has 7 heteroatoms. The average Bonchev–Trinajstić information content (AvgIpc) is 3.04. The molecule has 2 amide bonds. The van der Waals surface area contributed by atoms with Crippen molar-refractivity contribution in [3.05, 3.63) is 0 Å². The van der Waals surface area contributed by atoms with Gasteiger partial charge in [0.2, 0.25) is 11.8 Å². The molecule has 0 aromatic carbocycles. The highest BCUT2D eigenvalue weighted by Crippen LogP contribution is 2.48. The molecule has 1 saturated carbocycles. The highest BCUT2D eigenvalue weighted by molar-refractivity contribution is 8.01. The zero-order valence-corrected chi connectivity index (χ0v) is 12.2. The number of carboxylic acids is 1. The predicted octanol–water partition coefficient (Wildman–Crippen LogP) is 0.421. The molecular formula is C13H18N2O4S. The first-order chi connectivity index (χ1) is 9.38. The molecule has 0 bridgehead atoms. The summed E-state index contributed by atoms with van der Waals surface area (Å²) >= 11 is 1.64. The van der Waals surface area contributed by atoms with E-state index in [1.54, 1.807) is 16.7 Å². The van der Waals surface area contributed by atoms with Gasteiger partial charge in [-0.15, -0.1) is 11.8 Å². The zero-order chi connectivity index (χ0) is 14.5. The van der Waals surface area contributed by atoms with Crippen molar-refractivity contribution in [2.24, 2.45) is 5.41 Å². The molecular weight excluding hydrogens is 280 g/mol. The molecule has 3 rings (SSSR count). The number of carboxylic acid groups (broad SMARTS) is 1. The molecule has 2 heterocycles. The summed E-state index contributed by atoms with van der Waals surface area (Å²) in [7, 11) is 0. The second kappa shape index (κ2) is 4.38. The van der Waals surface area contributed by atoms with Crippen LogP contribution in [0.2, 0.25) is 0 Å². The van der Waals surface area contributed by atoms with Crippen molar-refractivity contribution in [3.63, 3.8) is 0 Å². The van der Waals surface area contributed by atoms with Gasteiger partial charge in [-0.25, -0.2) is 0 Å². The fourth-order valence-corrected chi connectivity index (χ4v) is 4.44. The first-order valence-corrected chi connectivity index (χ1v) is 7.84. The number of carbonyl (C=O) groups excluding carboxylic acids is 2. The van der Waals surface area contributed by atoms with Crippen LogP contribution in [0.3, 0.4) is 0 Å². The molecule has 0 spiro atoms. The van der Waals surface area contributed by atoms with Gasteiger partial charge < -0.3 is 15.3 Å². The summed E-state index contributed by atoms with van der Waals surface area (Å²) in [6.45, 7) is 2.16. The van der Waals surface area contributed by atoms with E-state index < -0.39 is 17.4 Å². The number of nitrogens with one attached hydrogen (secondary N) is 1. The first-order valence-electron chi connectivity index (χ1n) is 6.85. The molecule has 3 aliphatic rings. The van der Waals surface area contributed by atoms with Gasteiger partial charge in [-0.05, 0) is 26.2 Å². The Morgan fingerprint density at radius 2 is 2.15 bits per heavy atom. The SMILES string of the molecule is CC12CCC(=O)N1C(C(=O)NCC1(C(=O)O)CC1)CS2. The number of carbonyl (C=O) groups is 3. The van der Waals surface area contributed by atoms with E-state index in [1.165, 1.54) is 0 Å². The number of hydrogen-bond donors (Lipinski definition) is 2. The van der Waals surface area contributed by atoms with E-state index in [4.69, 9.17) is 5.11 Å². The van der Waals surface area contributed by atoms with Gasteiger partial charge in [0.25, 0.3) is 0 Å². The van der Waals surface area contributed by atoms with Crippen molar-refractivity contribution in [1.29, 1.82) is 0 Å². The molecule has 3 fully saturated rings. The third-order valence-electron chi connectivity index (χ3n) is 4.66. The molecule has 0 aromatic rings. The Morgan fingerprint density at radius 1 is 1.45 bits per heavy atom. The number of amides is 2. The maximum Gasteiger partial charge on any atom is 0.311 e. The van der Waals surface area contributed by atoms with E-state index in [9.17, 15) is 14.4 Å². The first kappa shape index (κ1) is 13.7. The fourth-order valence-electron chi connectivity index (χ4n) is 3.01. The van der Waals surface area contributed by atoms with Crippen molar-refractivity contribution in [1.82, 2.24) is 10.2 Å². The van der Waals surface area contributed by atoms with Gasteiger partial charge in [0.1, 0.15) is 6.04 Å². The van der Waals surface area contributed by atoms with Crippen LogP contribution in [-0.4, -0.2) is 51.0 Å². The predicted molar refractivity (Wildman–Crippen MR) is 73.0 cm³/mol. The monoisotopic (exact) mass is 298 g/mol. The van der Waals surface area contributed by atoms with E-state index in [0.29, 0.717) is 25.0 Å². The lowest BCUT2D eigenvalue weighted by atomic mass is 10.1. The Kier molecular flexibility index (Phi) is 3.00. The summed E-state index contributed by atoms with van der Waals surface area (Å²) in [6, 6.07) is -0.454. The van der Waals surface area contributed by atoms with Crippen molar-refractivity contribution in [2.75, 3.05) is 12.3 Å². The smallest absolute Gasteiger partial charge is 0.311 e. The summed E-state index contributed by atoms with van der Waals surface area (Å²) < 4.78 is 0. The highest BCUT2D eigenvalue weighted by Gasteiger charge is 2.54. The van der Waals surface area contributed by atoms with Crippen molar-refractivity contribution >= 4 is 29.5 Å².